The van der Waals surface area contributed by atoms with Crippen molar-refractivity contribution in [3.8, 4) is 0 Å². The number of rotatable bonds is 3. The van der Waals surface area contributed by atoms with Crippen molar-refractivity contribution in [2.24, 2.45) is 0 Å². The summed E-state index contributed by atoms with van der Waals surface area (Å²) in [4.78, 5) is 26.1. The molecular weight excluding hydrogens is 359 g/mol. The molecule has 1 aliphatic heterocycles. The molecule has 2 aromatic carbocycles. The maximum absolute atomic E-state index is 13.6. The normalized spacial score (nSPS) is 15.8. The standard InChI is InChI=1S/C18H13FN2O2S2/c1-21-17(23)15(25-18(21)24)10-11-6-8-12(9-7-11)16(22)20-14-5-3-2-4-13(14)19/h2-10H,1H3,(H,20,22). The van der Waals surface area contributed by atoms with Crippen molar-refractivity contribution in [2.45, 2.75) is 0 Å². The van der Waals surface area contributed by atoms with E-state index < -0.39 is 11.7 Å². The zero-order valence-corrected chi connectivity index (χ0v) is 14.8. The molecule has 2 aromatic rings. The predicted molar refractivity (Wildman–Crippen MR) is 102 cm³/mol. The first kappa shape index (κ1) is 17.3. The smallest absolute Gasteiger partial charge is 0.265 e. The Morgan fingerprint density at radius 3 is 2.48 bits per heavy atom. The zero-order valence-electron chi connectivity index (χ0n) is 13.2. The van der Waals surface area contributed by atoms with Crippen LogP contribution < -0.4 is 5.32 Å². The van der Waals surface area contributed by atoms with E-state index in [0.717, 1.165) is 5.56 Å². The molecule has 0 spiro atoms. The molecule has 1 heterocycles. The summed E-state index contributed by atoms with van der Waals surface area (Å²) in [6.45, 7) is 0. The highest BCUT2D eigenvalue weighted by Gasteiger charge is 2.28. The second-order valence-corrected chi connectivity index (χ2v) is 6.97. The van der Waals surface area contributed by atoms with Gasteiger partial charge < -0.3 is 5.32 Å². The summed E-state index contributed by atoms with van der Waals surface area (Å²) in [5, 5.41) is 2.53. The molecule has 126 valence electrons. The van der Waals surface area contributed by atoms with Crippen molar-refractivity contribution in [2.75, 3.05) is 12.4 Å². The monoisotopic (exact) mass is 372 g/mol. The van der Waals surface area contributed by atoms with E-state index in [1.807, 2.05) is 0 Å². The molecule has 0 atom stereocenters. The number of benzene rings is 2. The Bertz CT molecular complexity index is 894. The van der Waals surface area contributed by atoms with Gasteiger partial charge in [0.2, 0.25) is 0 Å². The minimum atomic E-state index is -0.492. The number of thiocarbonyl (C=S) groups is 1. The number of thioether (sulfide) groups is 1. The molecule has 0 aromatic heterocycles. The van der Waals surface area contributed by atoms with Crippen LogP contribution in [0.3, 0.4) is 0 Å². The lowest BCUT2D eigenvalue weighted by molar-refractivity contribution is -0.121. The van der Waals surface area contributed by atoms with E-state index in [2.05, 4.69) is 5.32 Å². The molecule has 7 heteroatoms. The first-order valence-electron chi connectivity index (χ1n) is 7.33. The average molecular weight is 372 g/mol. The Labute approximate surface area is 153 Å². The number of para-hydroxylation sites is 1. The van der Waals surface area contributed by atoms with Gasteiger partial charge in [0.1, 0.15) is 10.1 Å². The largest absolute Gasteiger partial charge is 0.319 e. The topological polar surface area (TPSA) is 49.4 Å². The number of halogens is 1. The quantitative estimate of drug-likeness (QED) is 0.656. The lowest BCUT2D eigenvalue weighted by Crippen LogP contribution is -2.22. The molecule has 4 nitrogen and oxygen atoms in total. The van der Waals surface area contributed by atoms with E-state index in [9.17, 15) is 14.0 Å². The Hall–Kier alpha value is -2.51. The lowest BCUT2D eigenvalue weighted by Gasteiger charge is -2.06. The number of nitrogens with one attached hydrogen (secondary N) is 1. The number of amides is 2. The molecule has 1 fully saturated rings. The number of nitrogens with zero attached hydrogens (tertiary/aromatic N) is 1. The van der Waals surface area contributed by atoms with E-state index >= 15 is 0 Å². The summed E-state index contributed by atoms with van der Waals surface area (Å²) in [6.07, 6.45) is 1.72. The van der Waals surface area contributed by atoms with E-state index in [-0.39, 0.29) is 11.6 Å². The summed E-state index contributed by atoms with van der Waals surface area (Å²) in [5.74, 6) is -1.04. The average Bonchev–Trinajstić information content (AvgIpc) is 2.84. The zero-order chi connectivity index (χ0) is 18.0. The third-order valence-corrected chi connectivity index (χ3v) is 5.06. The van der Waals surface area contributed by atoms with Crippen LogP contribution in [0.25, 0.3) is 6.08 Å². The van der Waals surface area contributed by atoms with Gasteiger partial charge in [0.25, 0.3) is 11.8 Å². The molecule has 1 aliphatic rings. The van der Waals surface area contributed by atoms with Crippen molar-refractivity contribution in [3.05, 3.63) is 70.4 Å². The molecule has 1 saturated heterocycles. The van der Waals surface area contributed by atoms with Gasteiger partial charge in [0, 0.05) is 12.6 Å². The SMILES string of the molecule is CN1C(=O)C(=Cc2ccc(C(=O)Nc3ccccc3F)cc2)SC1=S. The van der Waals surface area contributed by atoms with Gasteiger partial charge in [-0.15, -0.1) is 0 Å². The van der Waals surface area contributed by atoms with E-state index in [4.69, 9.17) is 12.2 Å². The van der Waals surface area contributed by atoms with Gasteiger partial charge in [-0.25, -0.2) is 4.39 Å². The summed E-state index contributed by atoms with van der Waals surface area (Å²) in [7, 11) is 1.63. The van der Waals surface area contributed by atoms with Crippen LogP contribution in [0.1, 0.15) is 15.9 Å². The predicted octanol–water partition coefficient (Wildman–Crippen LogP) is 3.91. The number of hydrogen-bond donors (Lipinski definition) is 1. The van der Waals surface area contributed by atoms with Crippen LogP contribution in [0.15, 0.2) is 53.4 Å². The maximum atomic E-state index is 13.6. The van der Waals surface area contributed by atoms with Crippen molar-refractivity contribution < 1.29 is 14.0 Å². The van der Waals surface area contributed by atoms with Gasteiger partial charge in [0.15, 0.2) is 0 Å². The Balaban J connectivity index is 1.74. The third-order valence-electron chi connectivity index (χ3n) is 3.58. The molecule has 0 saturated carbocycles. The molecular formula is C18H13FN2O2S2. The van der Waals surface area contributed by atoms with Crippen molar-refractivity contribution in [3.63, 3.8) is 0 Å². The highest BCUT2D eigenvalue weighted by molar-refractivity contribution is 8.26. The fourth-order valence-corrected chi connectivity index (χ4v) is 3.36. The molecule has 3 rings (SSSR count). The molecule has 0 bridgehead atoms. The highest BCUT2D eigenvalue weighted by atomic mass is 32.2. The second kappa shape index (κ2) is 7.16. The van der Waals surface area contributed by atoms with Crippen LogP contribution >= 0.6 is 24.0 Å². The van der Waals surface area contributed by atoms with Gasteiger partial charge in [0.05, 0.1) is 10.6 Å². The first-order chi connectivity index (χ1) is 12.0. The highest BCUT2D eigenvalue weighted by Crippen LogP contribution is 2.31. The van der Waals surface area contributed by atoms with Gasteiger partial charge in [-0.1, -0.05) is 48.2 Å². The number of anilines is 1. The summed E-state index contributed by atoms with van der Waals surface area (Å²) < 4.78 is 14.1. The van der Waals surface area contributed by atoms with Gasteiger partial charge in [-0.2, -0.15) is 0 Å². The number of likely N-dealkylation sites (N-methyl/N-ethyl adjacent to an activating group) is 1. The van der Waals surface area contributed by atoms with Crippen LogP contribution in [0.5, 0.6) is 0 Å². The van der Waals surface area contributed by atoms with Crippen LogP contribution in [0, 0.1) is 5.82 Å². The molecule has 1 N–H and O–H groups in total. The van der Waals surface area contributed by atoms with E-state index in [0.29, 0.717) is 14.8 Å². The summed E-state index contributed by atoms with van der Waals surface area (Å²) in [5.41, 5.74) is 1.29. The van der Waals surface area contributed by atoms with Gasteiger partial charge in [-0.3, -0.25) is 14.5 Å². The molecule has 0 aliphatic carbocycles. The Morgan fingerprint density at radius 2 is 1.88 bits per heavy atom. The van der Waals surface area contributed by atoms with Crippen molar-refractivity contribution in [1.82, 2.24) is 4.90 Å². The van der Waals surface area contributed by atoms with Gasteiger partial charge in [-0.05, 0) is 35.9 Å². The van der Waals surface area contributed by atoms with Gasteiger partial charge >= 0.3 is 0 Å². The van der Waals surface area contributed by atoms with Crippen LogP contribution in [-0.4, -0.2) is 28.1 Å². The Morgan fingerprint density at radius 1 is 1.20 bits per heavy atom. The number of hydrogen-bond acceptors (Lipinski definition) is 4. The fraction of sp³-hybridized carbons (Fsp3) is 0.0556. The molecule has 0 radical (unpaired) electrons. The van der Waals surface area contributed by atoms with Crippen molar-refractivity contribution in [1.29, 1.82) is 0 Å². The number of carbonyl (C=O) groups is 2. The van der Waals surface area contributed by atoms with Crippen LogP contribution in [-0.2, 0) is 4.79 Å². The number of carbonyl (C=O) groups excluding carboxylic acids is 2. The van der Waals surface area contributed by atoms with Crippen molar-refractivity contribution >= 4 is 51.9 Å². The van der Waals surface area contributed by atoms with Crippen LogP contribution in [0.4, 0.5) is 10.1 Å². The van der Waals surface area contributed by atoms with E-state index in [1.54, 1.807) is 49.5 Å². The summed E-state index contributed by atoms with van der Waals surface area (Å²) >= 11 is 6.32. The third kappa shape index (κ3) is 3.78. The molecule has 0 unspecified atom stereocenters. The lowest BCUT2D eigenvalue weighted by atomic mass is 10.1. The Kier molecular flexibility index (Phi) is 4.96. The van der Waals surface area contributed by atoms with E-state index in [1.165, 1.54) is 28.8 Å². The molecule has 2 amide bonds. The van der Waals surface area contributed by atoms with Crippen LogP contribution in [0.2, 0.25) is 0 Å². The minimum Gasteiger partial charge on any atom is -0.319 e. The second-order valence-electron chi connectivity index (χ2n) is 5.30. The first-order valence-corrected chi connectivity index (χ1v) is 8.55. The molecule has 25 heavy (non-hydrogen) atoms. The minimum absolute atomic E-state index is 0.128. The summed E-state index contributed by atoms with van der Waals surface area (Å²) in [6, 6.07) is 12.7. The fourth-order valence-electron chi connectivity index (χ4n) is 2.18. The maximum Gasteiger partial charge on any atom is 0.265 e.